The molecule has 1 saturated carbocycles. The molecule has 0 spiro atoms. The molecule has 2 unspecified atom stereocenters. The van der Waals surface area contributed by atoms with Crippen LogP contribution in [0.5, 0.6) is 11.5 Å². The van der Waals surface area contributed by atoms with Gasteiger partial charge in [-0.3, -0.25) is 14.5 Å². The molecular weight excluding hydrogens is 607 g/mol. The van der Waals surface area contributed by atoms with Crippen LogP contribution in [-0.2, 0) is 10.2 Å². The van der Waals surface area contributed by atoms with Gasteiger partial charge in [0.05, 0.1) is 17.5 Å². The molecule has 4 atom stereocenters. The highest BCUT2D eigenvalue weighted by atomic mass is 127. The first kappa shape index (κ1) is 24.1. The molecule has 2 aliphatic heterocycles. The van der Waals surface area contributed by atoms with Gasteiger partial charge in [-0.05, 0) is 53.4 Å². The predicted molar refractivity (Wildman–Crippen MR) is 145 cm³/mol. The molecule has 0 bridgehead atoms. The van der Waals surface area contributed by atoms with Crippen LogP contribution in [-0.4, -0.2) is 34.1 Å². The first-order chi connectivity index (χ1) is 17.9. The summed E-state index contributed by atoms with van der Waals surface area (Å²) in [6, 6.07) is 18.8. The van der Waals surface area contributed by atoms with Gasteiger partial charge in [0, 0.05) is 20.2 Å². The van der Waals surface area contributed by atoms with Crippen molar-refractivity contribution >= 4 is 51.8 Å². The maximum absolute atomic E-state index is 14.0. The van der Waals surface area contributed by atoms with E-state index in [9.17, 15) is 20.0 Å². The lowest BCUT2D eigenvalue weighted by molar-refractivity contribution is -0.139. The highest BCUT2D eigenvalue weighted by Crippen LogP contribution is 2.56. The second-order valence-corrected chi connectivity index (χ2v) is 11.3. The number of carboxylic acids is 1. The third-order valence-corrected chi connectivity index (χ3v) is 9.12. The van der Waals surface area contributed by atoms with Gasteiger partial charge < -0.3 is 14.6 Å². The predicted octanol–water partition coefficient (Wildman–Crippen LogP) is 5.65. The fraction of sp³-hybridized carbons (Fsp3) is 0.250. The summed E-state index contributed by atoms with van der Waals surface area (Å²) in [6.07, 6.45) is 0.708. The number of nitriles is 1. The van der Waals surface area contributed by atoms with Gasteiger partial charge in [-0.25, -0.2) is 0 Å². The number of rotatable bonds is 4. The third kappa shape index (κ3) is 3.75. The Hall–Kier alpha value is -3.29. The zero-order valence-corrected chi connectivity index (χ0v) is 22.3. The van der Waals surface area contributed by atoms with Crippen molar-refractivity contribution < 1.29 is 24.2 Å². The summed E-state index contributed by atoms with van der Waals surface area (Å²) in [5.41, 5.74) is 1.91. The summed E-state index contributed by atoms with van der Waals surface area (Å²) in [4.78, 5) is 28.2. The van der Waals surface area contributed by atoms with Gasteiger partial charge in [-0.15, -0.1) is 0 Å². The van der Waals surface area contributed by atoms with Crippen molar-refractivity contribution in [3.63, 3.8) is 0 Å². The Morgan fingerprint density at radius 3 is 2.51 bits per heavy atom. The average Bonchev–Trinajstić information content (AvgIpc) is 3.58. The molecule has 0 radical (unpaired) electrons. The molecule has 1 aliphatic carbocycles. The molecule has 37 heavy (non-hydrogen) atoms. The summed E-state index contributed by atoms with van der Waals surface area (Å²) in [5, 5.41) is 20.6. The number of fused-ring (bicyclic) bond motifs is 2. The lowest BCUT2D eigenvalue weighted by Crippen LogP contribution is -2.45. The Balaban J connectivity index is 1.53. The van der Waals surface area contributed by atoms with Crippen LogP contribution in [0.1, 0.15) is 45.4 Å². The Labute approximate surface area is 231 Å². The number of carbonyl (C=O) groups excluding carboxylic acids is 1. The average molecular weight is 627 g/mol. The zero-order valence-electron chi connectivity index (χ0n) is 19.4. The molecule has 1 amide bonds. The number of nitrogens with zero attached hydrogens (tertiary/aromatic N) is 2. The number of carboxylic acid groups (broad SMARTS) is 1. The van der Waals surface area contributed by atoms with Crippen molar-refractivity contribution in [2.45, 2.75) is 27.7 Å². The smallest absolute Gasteiger partial charge is 0.313 e. The van der Waals surface area contributed by atoms with Gasteiger partial charge in [0.25, 0.3) is 5.91 Å². The van der Waals surface area contributed by atoms with Crippen molar-refractivity contribution in [3.8, 4) is 17.6 Å². The number of benzene rings is 3. The van der Waals surface area contributed by atoms with E-state index in [-0.39, 0.29) is 9.83 Å². The van der Waals surface area contributed by atoms with Gasteiger partial charge in [0.2, 0.25) is 0 Å². The minimum absolute atomic E-state index is 0.156. The van der Waals surface area contributed by atoms with E-state index < -0.39 is 23.3 Å². The SMILES string of the molecule is N#CC1(c2ccc(N3C(=O)c4ccccc4[C@H](C(=O)O)[C@H]3c3ccc4c(c3)OCCO4)cc2Cl)CC1I. The lowest BCUT2D eigenvalue weighted by Gasteiger charge is -2.41. The van der Waals surface area contributed by atoms with Crippen LogP contribution in [0.25, 0.3) is 0 Å². The van der Waals surface area contributed by atoms with Crippen molar-refractivity contribution in [1.82, 2.24) is 0 Å². The Bertz CT molecular complexity index is 1500. The quantitative estimate of drug-likeness (QED) is 0.297. The van der Waals surface area contributed by atoms with Crippen molar-refractivity contribution in [2.24, 2.45) is 0 Å². The molecule has 2 heterocycles. The maximum Gasteiger partial charge on any atom is 0.313 e. The van der Waals surface area contributed by atoms with Crippen LogP contribution in [0.2, 0.25) is 5.02 Å². The number of alkyl halides is 1. The molecule has 3 aliphatic rings. The van der Waals surface area contributed by atoms with Gasteiger partial charge in [-0.2, -0.15) is 5.26 Å². The van der Waals surface area contributed by atoms with Gasteiger partial charge in [-0.1, -0.05) is 64.5 Å². The molecule has 7 nitrogen and oxygen atoms in total. The summed E-state index contributed by atoms with van der Waals surface area (Å²) >= 11 is 8.96. The van der Waals surface area contributed by atoms with Crippen molar-refractivity contribution in [3.05, 3.63) is 87.9 Å². The van der Waals surface area contributed by atoms with Gasteiger partial charge in [0.15, 0.2) is 11.5 Å². The summed E-state index contributed by atoms with van der Waals surface area (Å²) in [6.45, 7) is 0.809. The molecule has 186 valence electrons. The maximum atomic E-state index is 14.0. The highest BCUT2D eigenvalue weighted by molar-refractivity contribution is 14.1. The molecule has 9 heteroatoms. The number of hydrogen-bond acceptors (Lipinski definition) is 5. The van der Waals surface area contributed by atoms with E-state index >= 15 is 0 Å². The van der Waals surface area contributed by atoms with E-state index in [2.05, 4.69) is 28.7 Å². The van der Waals surface area contributed by atoms with E-state index in [0.29, 0.717) is 58.5 Å². The monoisotopic (exact) mass is 626 g/mol. The minimum Gasteiger partial charge on any atom is -0.486 e. The van der Waals surface area contributed by atoms with E-state index in [0.717, 1.165) is 5.56 Å². The molecule has 6 rings (SSSR count). The zero-order chi connectivity index (χ0) is 25.9. The number of carbonyl (C=O) groups is 2. The second-order valence-electron chi connectivity index (χ2n) is 9.35. The lowest BCUT2D eigenvalue weighted by atomic mass is 9.79. The molecular formula is C28H20ClIN2O5. The number of anilines is 1. The van der Waals surface area contributed by atoms with E-state index in [1.807, 2.05) is 0 Å². The van der Waals surface area contributed by atoms with Crippen LogP contribution in [0.4, 0.5) is 5.69 Å². The summed E-state index contributed by atoms with van der Waals surface area (Å²) in [5.74, 6) is -1.34. The van der Waals surface area contributed by atoms with Crippen molar-refractivity contribution in [1.29, 1.82) is 5.26 Å². The number of aliphatic carboxylic acids is 1. The second kappa shape index (κ2) is 8.92. The summed E-state index contributed by atoms with van der Waals surface area (Å²) in [7, 11) is 0. The molecule has 3 aromatic carbocycles. The van der Waals surface area contributed by atoms with Crippen molar-refractivity contribution in [2.75, 3.05) is 18.1 Å². The number of ether oxygens (including phenoxy) is 2. The summed E-state index contributed by atoms with van der Waals surface area (Å²) < 4.78 is 11.6. The minimum atomic E-state index is -1.05. The van der Waals surface area contributed by atoms with Gasteiger partial charge >= 0.3 is 5.97 Å². The van der Waals surface area contributed by atoms with E-state index in [1.165, 1.54) is 4.90 Å². The Morgan fingerprint density at radius 1 is 1.11 bits per heavy atom. The van der Waals surface area contributed by atoms with E-state index in [4.69, 9.17) is 21.1 Å². The van der Waals surface area contributed by atoms with Gasteiger partial charge in [0.1, 0.15) is 19.1 Å². The van der Waals surface area contributed by atoms with Crippen LogP contribution < -0.4 is 14.4 Å². The molecule has 3 aromatic rings. The standard InChI is InChI=1S/C28H20ClIN2O5/c29-20-12-16(6-7-19(20)28(14-31)13-23(28)30)32-25(15-5-8-21-22(11-15)37-10-9-36-21)24(27(34)35)17-3-1-2-4-18(17)26(32)33/h1-8,11-12,23-25H,9-10,13H2,(H,34,35)/t23?,24-,25+,28?/m0/s1. The van der Waals surface area contributed by atoms with E-state index in [1.54, 1.807) is 60.7 Å². The third-order valence-electron chi connectivity index (χ3n) is 7.30. The fourth-order valence-corrected chi connectivity index (χ4v) is 6.88. The number of halogens is 2. The first-order valence-electron chi connectivity index (χ1n) is 11.8. The van der Waals surface area contributed by atoms with Crippen LogP contribution in [0.3, 0.4) is 0 Å². The highest BCUT2D eigenvalue weighted by Gasteiger charge is 2.56. The first-order valence-corrected chi connectivity index (χ1v) is 13.4. The normalized spacial score (nSPS) is 25.7. The molecule has 1 N–H and O–H groups in total. The fourth-order valence-electron chi connectivity index (χ4n) is 5.36. The van der Waals surface area contributed by atoms with Crippen LogP contribution in [0, 0.1) is 11.3 Å². The largest absolute Gasteiger partial charge is 0.486 e. The number of hydrogen-bond donors (Lipinski definition) is 1. The Morgan fingerprint density at radius 2 is 1.84 bits per heavy atom. The van der Waals surface area contributed by atoms with Crippen LogP contribution in [0.15, 0.2) is 60.7 Å². The topological polar surface area (TPSA) is 99.9 Å². The number of amides is 1. The molecule has 0 saturated heterocycles. The molecule has 1 fully saturated rings. The Kier molecular flexibility index (Phi) is 5.81. The van der Waals surface area contributed by atoms with Crippen LogP contribution >= 0.6 is 34.2 Å². The molecule has 0 aromatic heterocycles.